The molecule has 0 spiro atoms. The van der Waals surface area contributed by atoms with Crippen molar-refractivity contribution in [2.24, 2.45) is 0 Å². The van der Waals surface area contributed by atoms with Gasteiger partial charge in [0.1, 0.15) is 11.4 Å². The second-order valence-electron chi connectivity index (χ2n) is 6.79. The maximum Gasteiger partial charge on any atom is 0.260 e. The first kappa shape index (κ1) is 17.4. The molecule has 0 aliphatic carbocycles. The molecular weight excluding hydrogens is 318 g/mol. The minimum absolute atomic E-state index is 0.196. The number of nitrogens with one attached hydrogen (secondary N) is 1. The summed E-state index contributed by atoms with van der Waals surface area (Å²) in [4.78, 5) is 35.6. The number of nitrogens with zero attached hydrogens (tertiary/aromatic N) is 4. The van der Waals surface area contributed by atoms with Crippen LogP contribution in [0.2, 0.25) is 0 Å². The summed E-state index contributed by atoms with van der Waals surface area (Å²) in [6.45, 7) is 3.11. The smallest absolute Gasteiger partial charge is 0.260 e. The van der Waals surface area contributed by atoms with E-state index in [1.807, 2.05) is 12.4 Å². The number of pyridine rings is 1. The molecule has 2 aromatic heterocycles. The summed E-state index contributed by atoms with van der Waals surface area (Å²) >= 11 is 0. The van der Waals surface area contributed by atoms with Crippen molar-refractivity contribution in [3.63, 3.8) is 0 Å². The molecule has 134 valence electrons. The van der Waals surface area contributed by atoms with Crippen LogP contribution in [-0.4, -0.2) is 64.0 Å². The molecule has 3 rings (SSSR count). The third-order valence-corrected chi connectivity index (χ3v) is 4.66. The first-order valence-electron chi connectivity index (χ1n) is 8.69. The standard InChI is InChI=1S/C18H25N5O2/c1-21(2)11-12-22-10-8-19-16(22)14-5-4-9-23(13-14)18(25)15-6-3-7-20-17(15)24/h3,6-8,10,14H,4-5,9,11-13H2,1-2H3,(H,20,24). The van der Waals surface area contributed by atoms with Crippen LogP contribution >= 0.6 is 0 Å². The van der Waals surface area contributed by atoms with Crippen molar-refractivity contribution in [2.45, 2.75) is 25.3 Å². The van der Waals surface area contributed by atoms with E-state index in [-0.39, 0.29) is 22.9 Å². The topological polar surface area (TPSA) is 74.2 Å². The summed E-state index contributed by atoms with van der Waals surface area (Å²) in [5.41, 5.74) is -0.124. The molecule has 1 fully saturated rings. The lowest BCUT2D eigenvalue weighted by atomic mass is 9.96. The van der Waals surface area contributed by atoms with Crippen LogP contribution in [0.15, 0.2) is 35.5 Å². The molecule has 0 bridgehead atoms. The number of carbonyl (C=O) groups excluding carboxylic acids is 1. The molecule has 1 aliphatic heterocycles. The second-order valence-corrected chi connectivity index (χ2v) is 6.79. The molecule has 3 heterocycles. The molecule has 1 atom stereocenters. The first-order valence-corrected chi connectivity index (χ1v) is 8.69. The number of imidazole rings is 1. The molecule has 7 nitrogen and oxygen atoms in total. The van der Waals surface area contributed by atoms with Gasteiger partial charge in [-0.25, -0.2) is 4.98 Å². The van der Waals surface area contributed by atoms with Gasteiger partial charge in [0, 0.05) is 50.7 Å². The number of aromatic amines is 1. The minimum Gasteiger partial charge on any atom is -0.338 e. The van der Waals surface area contributed by atoms with Crippen molar-refractivity contribution in [3.05, 3.63) is 52.5 Å². The van der Waals surface area contributed by atoms with Crippen LogP contribution in [-0.2, 0) is 6.54 Å². The van der Waals surface area contributed by atoms with Gasteiger partial charge in [0.15, 0.2) is 0 Å². The summed E-state index contributed by atoms with van der Waals surface area (Å²) in [5.74, 6) is 1.04. The number of amides is 1. The molecule has 7 heteroatoms. The van der Waals surface area contributed by atoms with E-state index in [2.05, 4.69) is 33.5 Å². The van der Waals surface area contributed by atoms with Gasteiger partial charge >= 0.3 is 0 Å². The molecule has 1 N–H and O–H groups in total. The van der Waals surface area contributed by atoms with E-state index in [0.717, 1.165) is 31.8 Å². The Morgan fingerprint density at radius 2 is 2.28 bits per heavy atom. The molecular formula is C18H25N5O2. The van der Waals surface area contributed by atoms with Crippen molar-refractivity contribution in [3.8, 4) is 0 Å². The lowest BCUT2D eigenvalue weighted by Crippen LogP contribution is -2.41. The van der Waals surface area contributed by atoms with Crippen LogP contribution in [0.5, 0.6) is 0 Å². The molecule has 1 unspecified atom stereocenters. The quantitative estimate of drug-likeness (QED) is 0.884. The summed E-state index contributed by atoms with van der Waals surface area (Å²) in [6.07, 6.45) is 7.30. The first-order chi connectivity index (χ1) is 12.1. The molecule has 0 radical (unpaired) electrons. The molecule has 0 aromatic carbocycles. The highest BCUT2D eigenvalue weighted by atomic mass is 16.2. The van der Waals surface area contributed by atoms with Gasteiger partial charge in [-0.2, -0.15) is 0 Å². The Morgan fingerprint density at radius 1 is 1.44 bits per heavy atom. The van der Waals surface area contributed by atoms with Gasteiger partial charge in [0.25, 0.3) is 11.5 Å². The average Bonchev–Trinajstić information content (AvgIpc) is 3.08. The van der Waals surface area contributed by atoms with E-state index >= 15 is 0 Å². The van der Waals surface area contributed by atoms with Crippen LogP contribution < -0.4 is 5.56 Å². The Balaban J connectivity index is 1.74. The number of likely N-dealkylation sites (N-methyl/N-ethyl adjacent to an activating group) is 1. The van der Waals surface area contributed by atoms with Gasteiger partial charge < -0.3 is 19.4 Å². The lowest BCUT2D eigenvalue weighted by Gasteiger charge is -2.32. The fourth-order valence-corrected chi connectivity index (χ4v) is 3.31. The van der Waals surface area contributed by atoms with Crippen LogP contribution in [0.4, 0.5) is 0 Å². The average molecular weight is 343 g/mol. The molecule has 1 amide bonds. The SMILES string of the molecule is CN(C)CCn1ccnc1C1CCCN(C(=O)c2ccc[nH]c2=O)C1. The lowest BCUT2D eigenvalue weighted by molar-refractivity contribution is 0.0701. The number of hydrogen-bond donors (Lipinski definition) is 1. The van der Waals surface area contributed by atoms with E-state index in [4.69, 9.17) is 0 Å². The van der Waals surface area contributed by atoms with Crippen LogP contribution in [0, 0.1) is 0 Å². The van der Waals surface area contributed by atoms with Crippen molar-refractivity contribution in [1.29, 1.82) is 0 Å². The number of H-pyrrole nitrogens is 1. The molecule has 0 saturated carbocycles. The number of likely N-dealkylation sites (tertiary alicyclic amines) is 1. The van der Waals surface area contributed by atoms with Gasteiger partial charge in [-0.05, 0) is 39.1 Å². The summed E-state index contributed by atoms with van der Waals surface area (Å²) < 4.78 is 2.17. The van der Waals surface area contributed by atoms with E-state index < -0.39 is 0 Å². The van der Waals surface area contributed by atoms with E-state index in [1.54, 1.807) is 23.2 Å². The summed E-state index contributed by atoms with van der Waals surface area (Å²) in [6, 6.07) is 3.27. The van der Waals surface area contributed by atoms with Gasteiger partial charge in [0.05, 0.1) is 0 Å². The summed E-state index contributed by atoms with van der Waals surface area (Å²) in [7, 11) is 4.10. The van der Waals surface area contributed by atoms with Gasteiger partial charge in [-0.15, -0.1) is 0 Å². The Kier molecular flexibility index (Phi) is 5.33. The zero-order chi connectivity index (χ0) is 17.8. The molecule has 25 heavy (non-hydrogen) atoms. The zero-order valence-corrected chi connectivity index (χ0v) is 14.8. The third-order valence-electron chi connectivity index (χ3n) is 4.66. The summed E-state index contributed by atoms with van der Waals surface area (Å²) in [5, 5.41) is 0. The maximum absolute atomic E-state index is 12.7. The van der Waals surface area contributed by atoms with Crippen molar-refractivity contribution >= 4 is 5.91 Å². The normalized spacial score (nSPS) is 17.9. The van der Waals surface area contributed by atoms with Gasteiger partial charge in [-0.3, -0.25) is 9.59 Å². The van der Waals surface area contributed by atoms with E-state index in [1.165, 1.54) is 0 Å². The number of hydrogen-bond acceptors (Lipinski definition) is 4. The Labute approximate surface area is 147 Å². The van der Waals surface area contributed by atoms with Crippen molar-refractivity contribution < 1.29 is 4.79 Å². The number of rotatable bonds is 5. The molecule has 2 aromatic rings. The molecule has 1 aliphatic rings. The third kappa shape index (κ3) is 3.99. The largest absolute Gasteiger partial charge is 0.338 e. The fraction of sp³-hybridized carbons (Fsp3) is 0.500. The Bertz CT molecular complexity index is 780. The highest BCUT2D eigenvalue weighted by Gasteiger charge is 2.28. The highest BCUT2D eigenvalue weighted by molar-refractivity contribution is 5.93. The Morgan fingerprint density at radius 3 is 3.04 bits per heavy atom. The van der Waals surface area contributed by atoms with Crippen LogP contribution in [0.3, 0.4) is 0 Å². The van der Waals surface area contributed by atoms with E-state index in [0.29, 0.717) is 13.1 Å². The Hall–Kier alpha value is -2.41. The second kappa shape index (κ2) is 7.65. The van der Waals surface area contributed by atoms with Crippen LogP contribution in [0.25, 0.3) is 0 Å². The van der Waals surface area contributed by atoms with Crippen molar-refractivity contribution in [1.82, 2.24) is 24.3 Å². The zero-order valence-electron chi connectivity index (χ0n) is 14.8. The highest BCUT2D eigenvalue weighted by Crippen LogP contribution is 2.26. The number of carbonyl (C=O) groups is 1. The predicted molar refractivity (Wildman–Crippen MR) is 95.7 cm³/mol. The fourth-order valence-electron chi connectivity index (χ4n) is 3.31. The van der Waals surface area contributed by atoms with Crippen LogP contribution in [0.1, 0.15) is 34.9 Å². The molecule has 1 saturated heterocycles. The van der Waals surface area contributed by atoms with Crippen molar-refractivity contribution in [2.75, 3.05) is 33.7 Å². The number of piperidine rings is 1. The minimum atomic E-state index is -0.331. The number of aromatic nitrogens is 3. The maximum atomic E-state index is 12.7. The van der Waals surface area contributed by atoms with Gasteiger partial charge in [0.2, 0.25) is 0 Å². The van der Waals surface area contributed by atoms with Gasteiger partial charge in [-0.1, -0.05) is 0 Å². The predicted octanol–water partition coefficient (Wildman–Crippen LogP) is 1.15. The monoisotopic (exact) mass is 343 g/mol. The van der Waals surface area contributed by atoms with E-state index in [9.17, 15) is 9.59 Å².